The number of methoxy groups -OCH3 is 1. The summed E-state index contributed by atoms with van der Waals surface area (Å²) < 4.78 is 4.58. The third-order valence-corrected chi connectivity index (χ3v) is 4.36. The van der Waals surface area contributed by atoms with E-state index in [9.17, 15) is 9.59 Å². The number of hydrogen-bond donors (Lipinski definition) is 0. The van der Waals surface area contributed by atoms with Gasteiger partial charge in [-0.3, -0.25) is 9.59 Å². The molecule has 2 aliphatic heterocycles. The van der Waals surface area contributed by atoms with Gasteiger partial charge in [-0.05, 0) is 18.1 Å². The monoisotopic (exact) mass is 288 g/mol. The molecule has 1 fully saturated rings. The number of hydrogen-bond acceptors (Lipinski definition) is 4. The van der Waals surface area contributed by atoms with Gasteiger partial charge in [-0.2, -0.15) is 0 Å². The zero-order valence-electron chi connectivity index (χ0n) is 12.2. The molecular weight excluding hydrogens is 268 g/mol. The van der Waals surface area contributed by atoms with Crippen LogP contribution >= 0.6 is 0 Å². The number of benzene rings is 1. The first kappa shape index (κ1) is 13.9. The van der Waals surface area contributed by atoms with Crippen LogP contribution in [0.1, 0.15) is 18.4 Å². The van der Waals surface area contributed by atoms with Crippen LogP contribution in [0.4, 0.5) is 5.69 Å². The van der Waals surface area contributed by atoms with Gasteiger partial charge in [0, 0.05) is 31.7 Å². The molecule has 0 aromatic heterocycles. The Morgan fingerprint density at radius 3 is 2.86 bits per heavy atom. The minimum atomic E-state index is -0.324. The number of nitrogens with zero attached hydrogens (tertiary/aromatic N) is 2. The molecule has 112 valence electrons. The van der Waals surface area contributed by atoms with Crippen LogP contribution in [0, 0.1) is 0 Å². The summed E-state index contributed by atoms with van der Waals surface area (Å²) in [4.78, 5) is 27.6. The largest absolute Gasteiger partial charge is 0.469 e. The van der Waals surface area contributed by atoms with Crippen molar-refractivity contribution in [1.82, 2.24) is 4.90 Å². The van der Waals surface area contributed by atoms with Crippen molar-refractivity contribution < 1.29 is 14.3 Å². The second-order valence-corrected chi connectivity index (χ2v) is 5.60. The number of anilines is 1. The van der Waals surface area contributed by atoms with Crippen LogP contribution < -0.4 is 4.90 Å². The predicted molar refractivity (Wildman–Crippen MR) is 79.1 cm³/mol. The molecule has 0 bridgehead atoms. The molecule has 1 aromatic rings. The van der Waals surface area contributed by atoms with E-state index in [4.69, 9.17) is 0 Å². The molecule has 0 spiro atoms. The lowest BCUT2D eigenvalue weighted by atomic mass is 10.1. The zero-order valence-corrected chi connectivity index (χ0v) is 12.2. The maximum Gasteiger partial charge on any atom is 0.306 e. The number of carbonyl (C=O) groups excluding carboxylic acids is 2. The number of para-hydroxylation sites is 1. The van der Waals surface area contributed by atoms with Crippen LogP contribution in [-0.2, 0) is 20.7 Å². The molecule has 0 aliphatic carbocycles. The lowest BCUT2D eigenvalue weighted by Crippen LogP contribution is -2.53. The van der Waals surface area contributed by atoms with Gasteiger partial charge in [-0.1, -0.05) is 18.2 Å². The van der Waals surface area contributed by atoms with Crippen LogP contribution in [0.5, 0.6) is 0 Å². The standard InChI is InChI=1S/C16H20N2O3/c1-21-16(20)7-6-15(19)17-8-9-18-13(11-17)10-12-4-2-3-5-14(12)18/h2-5,13H,6-11H2,1H3. The smallest absolute Gasteiger partial charge is 0.306 e. The molecule has 21 heavy (non-hydrogen) atoms. The molecule has 1 aromatic carbocycles. The first-order valence-electron chi connectivity index (χ1n) is 7.38. The molecule has 1 saturated heterocycles. The average Bonchev–Trinajstić information content (AvgIpc) is 2.89. The summed E-state index contributed by atoms with van der Waals surface area (Å²) in [5.41, 5.74) is 2.68. The fourth-order valence-corrected chi connectivity index (χ4v) is 3.26. The van der Waals surface area contributed by atoms with E-state index in [2.05, 4.69) is 33.9 Å². The van der Waals surface area contributed by atoms with Crippen LogP contribution in [0.15, 0.2) is 24.3 Å². The van der Waals surface area contributed by atoms with E-state index in [-0.39, 0.29) is 24.7 Å². The predicted octanol–water partition coefficient (Wildman–Crippen LogP) is 1.21. The Labute approximate surface area is 124 Å². The second kappa shape index (κ2) is 5.76. The maximum atomic E-state index is 12.2. The van der Waals surface area contributed by atoms with Crippen LogP contribution in [0.3, 0.4) is 0 Å². The number of carbonyl (C=O) groups is 2. The van der Waals surface area contributed by atoms with Crippen molar-refractivity contribution in [3.63, 3.8) is 0 Å². The van der Waals surface area contributed by atoms with Crippen LogP contribution in [0.25, 0.3) is 0 Å². The number of ether oxygens (including phenoxy) is 1. The molecule has 0 saturated carbocycles. The Balaban J connectivity index is 1.60. The molecular formula is C16H20N2O3. The van der Waals surface area contributed by atoms with Gasteiger partial charge in [0.15, 0.2) is 0 Å². The normalized spacial score (nSPS) is 20.0. The highest BCUT2D eigenvalue weighted by atomic mass is 16.5. The Kier molecular flexibility index (Phi) is 3.82. The molecule has 5 nitrogen and oxygen atoms in total. The first-order chi connectivity index (χ1) is 10.2. The van der Waals surface area contributed by atoms with Crippen molar-refractivity contribution >= 4 is 17.6 Å². The van der Waals surface area contributed by atoms with E-state index in [1.165, 1.54) is 18.4 Å². The lowest BCUT2D eigenvalue weighted by molar-refractivity contribution is -0.143. The summed E-state index contributed by atoms with van der Waals surface area (Å²) in [5, 5.41) is 0. The maximum absolute atomic E-state index is 12.2. The van der Waals surface area contributed by atoms with E-state index >= 15 is 0 Å². The van der Waals surface area contributed by atoms with E-state index in [1.807, 2.05) is 4.90 Å². The quantitative estimate of drug-likeness (QED) is 0.785. The minimum absolute atomic E-state index is 0.0519. The van der Waals surface area contributed by atoms with Gasteiger partial charge in [0.2, 0.25) is 5.91 Å². The van der Waals surface area contributed by atoms with Crippen molar-refractivity contribution in [3.8, 4) is 0 Å². The Bertz CT molecular complexity index is 558. The van der Waals surface area contributed by atoms with E-state index in [0.717, 1.165) is 26.1 Å². The zero-order chi connectivity index (χ0) is 14.8. The second-order valence-electron chi connectivity index (χ2n) is 5.60. The van der Waals surface area contributed by atoms with Crippen LogP contribution in [0.2, 0.25) is 0 Å². The number of piperazine rings is 1. The first-order valence-corrected chi connectivity index (χ1v) is 7.38. The molecule has 1 amide bonds. The van der Waals surface area contributed by atoms with Gasteiger partial charge in [0.05, 0.1) is 19.6 Å². The van der Waals surface area contributed by atoms with Gasteiger partial charge in [-0.25, -0.2) is 0 Å². The average molecular weight is 288 g/mol. The van der Waals surface area contributed by atoms with E-state index in [1.54, 1.807) is 0 Å². The van der Waals surface area contributed by atoms with E-state index < -0.39 is 0 Å². The topological polar surface area (TPSA) is 49.9 Å². The van der Waals surface area contributed by atoms with Crippen molar-refractivity contribution in [2.45, 2.75) is 25.3 Å². The molecule has 1 atom stereocenters. The Morgan fingerprint density at radius 2 is 2.05 bits per heavy atom. The Hall–Kier alpha value is -2.04. The fraction of sp³-hybridized carbons (Fsp3) is 0.500. The van der Waals surface area contributed by atoms with E-state index in [0.29, 0.717) is 6.04 Å². The summed E-state index contributed by atoms with van der Waals surface area (Å²) in [6.07, 6.45) is 1.41. The summed E-state index contributed by atoms with van der Waals surface area (Å²) in [6.45, 7) is 2.34. The fourth-order valence-electron chi connectivity index (χ4n) is 3.26. The van der Waals surface area contributed by atoms with Crippen molar-refractivity contribution in [3.05, 3.63) is 29.8 Å². The highest BCUT2D eigenvalue weighted by Crippen LogP contribution is 2.33. The highest BCUT2D eigenvalue weighted by Gasteiger charge is 2.35. The van der Waals surface area contributed by atoms with Crippen molar-refractivity contribution in [1.29, 1.82) is 0 Å². The van der Waals surface area contributed by atoms with Gasteiger partial charge in [0.1, 0.15) is 0 Å². The molecule has 2 aliphatic rings. The number of rotatable bonds is 3. The Morgan fingerprint density at radius 1 is 1.24 bits per heavy atom. The van der Waals surface area contributed by atoms with Gasteiger partial charge >= 0.3 is 5.97 Å². The molecule has 0 N–H and O–H groups in total. The van der Waals surface area contributed by atoms with Gasteiger partial charge < -0.3 is 14.5 Å². The summed E-state index contributed by atoms with van der Waals surface area (Å²) >= 11 is 0. The third-order valence-electron chi connectivity index (χ3n) is 4.36. The van der Waals surface area contributed by atoms with Crippen molar-refractivity contribution in [2.24, 2.45) is 0 Å². The third kappa shape index (κ3) is 2.73. The van der Waals surface area contributed by atoms with Gasteiger partial charge in [-0.15, -0.1) is 0 Å². The van der Waals surface area contributed by atoms with Crippen LogP contribution in [-0.4, -0.2) is 49.6 Å². The summed E-state index contributed by atoms with van der Waals surface area (Å²) in [7, 11) is 1.35. The number of fused-ring (bicyclic) bond motifs is 3. The summed E-state index contributed by atoms with van der Waals surface area (Å²) in [5.74, 6) is -0.272. The van der Waals surface area contributed by atoms with Crippen molar-refractivity contribution in [2.75, 3.05) is 31.6 Å². The minimum Gasteiger partial charge on any atom is -0.469 e. The number of amides is 1. The lowest BCUT2D eigenvalue weighted by Gasteiger charge is -2.39. The molecule has 2 heterocycles. The summed E-state index contributed by atoms with van der Waals surface area (Å²) in [6, 6.07) is 8.82. The molecule has 5 heteroatoms. The molecule has 3 rings (SSSR count). The SMILES string of the molecule is COC(=O)CCC(=O)N1CCN2c3ccccc3CC2C1. The highest BCUT2D eigenvalue weighted by molar-refractivity contribution is 5.81. The molecule has 1 unspecified atom stereocenters. The number of esters is 1. The van der Waals surface area contributed by atoms with Gasteiger partial charge in [0.25, 0.3) is 0 Å². The molecule has 0 radical (unpaired) electrons.